The number of ether oxygens (including phenoxy) is 1. The van der Waals surface area contributed by atoms with Crippen LogP contribution in [0.15, 0.2) is 109 Å². The van der Waals surface area contributed by atoms with E-state index in [1.54, 1.807) is 0 Å². The summed E-state index contributed by atoms with van der Waals surface area (Å²) in [4.78, 5) is 4.90. The van der Waals surface area contributed by atoms with Crippen molar-refractivity contribution in [2.45, 2.75) is 39.5 Å². The third-order valence-corrected chi connectivity index (χ3v) is 10.5. The van der Waals surface area contributed by atoms with E-state index in [0.717, 1.165) is 68.5 Å². The van der Waals surface area contributed by atoms with Crippen molar-refractivity contribution < 1.29 is 24.1 Å². The number of aromatic nitrogens is 4. The van der Waals surface area contributed by atoms with Crippen LogP contribution >= 0.6 is 0 Å². The molecule has 4 bridgehead atoms. The summed E-state index contributed by atoms with van der Waals surface area (Å²) in [5.41, 5.74) is 11.8. The van der Waals surface area contributed by atoms with Crippen molar-refractivity contribution >= 4 is 27.3 Å². The summed E-state index contributed by atoms with van der Waals surface area (Å²) < 4.78 is 14.5. The van der Waals surface area contributed by atoms with E-state index in [1.165, 1.54) is 33.5 Å². The fourth-order valence-corrected chi connectivity index (χ4v) is 8.15. The zero-order valence-electron chi connectivity index (χ0n) is 26.7. The second-order valence-electron chi connectivity index (χ2n) is 12.7. The van der Waals surface area contributed by atoms with Crippen molar-refractivity contribution in [3.8, 4) is 23.0 Å². The molecule has 2 aliphatic heterocycles. The van der Waals surface area contributed by atoms with E-state index in [0.29, 0.717) is 11.5 Å². The maximum atomic E-state index is 6.50. The molecule has 6 heterocycles. The molecule has 0 N–H and O–H groups in total. The monoisotopic (exact) mass is 803 g/mol. The molecule has 2 aliphatic carbocycles. The van der Waals surface area contributed by atoms with E-state index in [4.69, 9.17) is 9.72 Å². The molecule has 0 spiro atoms. The van der Waals surface area contributed by atoms with Crippen LogP contribution in [0.2, 0.25) is 0 Å². The van der Waals surface area contributed by atoms with Crippen molar-refractivity contribution in [2.24, 2.45) is 0 Å². The van der Waals surface area contributed by atoms with Crippen LogP contribution < -0.4 is 4.74 Å². The third kappa shape index (κ3) is 5.05. The first-order valence-electron chi connectivity index (χ1n) is 16.4. The number of rotatable bonds is 4. The Morgan fingerprint density at radius 2 is 1.50 bits per heavy atom. The Bertz CT molecular complexity index is 2570. The summed E-state index contributed by atoms with van der Waals surface area (Å²) in [7, 11) is 0. The summed E-state index contributed by atoms with van der Waals surface area (Å²) in [6.07, 6.45) is 6.26. The topological polar surface area (TPSA) is 36.4 Å². The zero-order chi connectivity index (χ0) is 32.4. The number of fused-ring (bicyclic) bond motifs is 3. The molecule has 4 aliphatic rings. The van der Waals surface area contributed by atoms with Gasteiger partial charge in [0.15, 0.2) is 0 Å². The molecule has 5 nitrogen and oxygen atoms in total. The quantitative estimate of drug-likeness (QED) is 0.167. The second-order valence-corrected chi connectivity index (χ2v) is 13.7. The first kappa shape index (κ1) is 29.2. The Morgan fingerprint density at radius 1 is 0.708 bits per heavy atom. The van der Waals surface area contributed by atoms with Crippen LogP contribution in [0.1, 0.15) is 33.6 Å². The van der Waals surface area contributed by atoms with Gasteiger partial charge in [-0.3, -0.25) is 0 Å². The molecule has 0 fully saturated rings. The number of nitrogens with zero attached hydrogens (tertiary/aromatic N) is 4. The van der Waals surface area contributed by atoms with Gasteiger partial charge in [-0.05, 0) is 25.5 Å². The molecule has 48 heavy (non-hydrogen) atoms. The summed E-state index contributed by atoms with van der Waals surface area (Å²) in [5, 5.41) is 2.27. The summed E-state index contributed by atoms with van der Waals surface area (Å²) in [5.74, 6) is 2.15. The van der Waals surface area contributed by atoms with Crippen molar-refractivity contribution in [1.82, 2.24) is 18.5 Å². The summed E-state index contributed by atoms with van der Waals surface area (Å²) in [6.45, 7) is 4.15. The van der Waals surface area contributed by atoms with Crippen LogP contribution in [-0.4, -0.2) is 18.5 Å². The van der Waals surface area contributed by atoms with Gasteiger partial charge in [0.25, 0.3) is 0 Å². The molecular formula is C42H32N4OPt-2. The Kier molecular flexibility index (Phi) is 7.05. The fraction of sp³-hybridized carbons (Fsp3) is 0.143. The van der Waals surface area contributed by atoms with Crippen molar-refractivity contribution in [3.05, 3.63) is 159 Å². The van der Waals surface area contributed by atoms with E-state index < -0.39 is 0 Å². The van der Waals surface area contributed by atoms with Gasteiger partial charge < -0.3 is 0 Å². The van der Waals surface area contributed by atoms with E-state index in [2.05, 4.69) is 143 Å². The molecule has 12 rings (SSSR count). The molecule has 6 heteroatoms. The maximum absolute atomic E-state index is 6.50. The van der Waals surface area contributed by atoms with Gasteiger partial charge >= 0.3 is 248 Å². The van der Waals surface area contributed by atoms with Gasteiger partial charge in [-0.25, -0.2) is 0 Å². The van der Waals surface area contributed by atoms with Gasteiger partial charge in [-0.2, -0.15) is 0 Å². The molecule has 0 unspecified atom stereocenters. The molecule has 4 aromatic heterocycles. The van der Waals surface area contributed by atoms with Crippen LogP contribution in [0, 0.1) is 29.8 Å². The van der Waals surface area contributed by atoms with Crippen molar-refractivity contribution in [2.75, 3.05) is 0 Å². The minimum absolute atomic E-state index is 0.633. The standard InChI is InChI=1S/C42H32N4O.Pt/c1-28-22-29(2)43-42(23-28)46-39-9-4-3-8-37(39)38-21-20-36(25-40(38)46)47-35-7-5-6-34(24-35)44-26-41-32-16-14-30-10-12-31(13-11-30)15-18-33(19-17-32)45(41)27-44;/h3-13,17,19-23,26H,14-16,18H2,1-2H3;/q-2;. The van der Waals surface area contributed by atoms with Gasteiger partial charge in [0.2, 0.25) is 0 Å². The van der Waals surface area contributed by atoms with Crippen LogP contribution in [0.25, 0.3) is 38.8 Å². The predicted molar refractivity (Wildman–Crippen MR) is 187 cm³/mol. The van der Waals surface area contributed by atoms with Crippen LogP contribution in [-0.2, 0) is 45.0 Å². The Morgan fingerprint density at radius 3 is 2.33 bits per heavy atom. The second kappa shape index (κ2) is 11.6. The normalized spacial score (nSPS) is 13.0. The Balaban J connectivity index is 1.11. The van der Waals surface area contributed by atoms with Crippen LogP contribution in [0.5, 0.6) is 11.5 Å². The van der Waals surface area contributed by atoms with Crippen LogP contribution in [0.4, 0.5) is 0 Å². The average Bonchev–Trinajstić information content (AvgIpc) is 3.61. The molecule has 0 saturated carbocycles. The third-order valence-electron chi connectivity index (χ3n) is 9.42. The van der Waals surface area contributed by atoms with Gasteiger partial charge in [-0.1, -0.05) is 12.1 Å². The SMILES string of the molecule is Cc1cc(C)nc(-n2c3[c-]c(Oc4[c-]c(-n5cc6c7ccc(n6[c]5=[Pt])CCc5ccc(cc5)CC7)ccc4)ccc3c3ccccc32)c1. The zero-order valence-corrected chi connectivity index (χ0v) is 29.0. The molecule has 238 valence electrons. The van der Waals surface area contributed by atoms with Crippen molar-refractivity contribution in [3.63, 3.8) is 0 Å². The number of para-hydroxylation sites is 1. The average molecular weight is 804 g/mol. The Labute approximate surface area is 290 Å². The Hall–Kier alpha value is -4.99. The molecule has 0 radical (unpaired) electrons. The number of hydrogen-bond acceptors (Lipinski definition) is 2. The number of aryl methyl sites for hydroxylation is 6. The van der Waals surface area contributed by atoms with E-state index in [-0.39, 0.29) is 0 Å². The van der Waals surface area contributed by atoms with Gasteiger partial charge in [0.1, 0.15) is 0 Å². The van der Waals surface area contributed by atoms with E-state index >= 15 is 0 Å². The van der Waals surface area contributed by atoms with Crippen molar-refractivity contribution in [1.29, 1.82) is 0 Å². The summed E-state index contributed by atoms with van der Waals surface area (Å²) >= 11 is 2.46. The number of hydrogen-bond donors (Lipinski definition) is 0. The molecule has 4 aromatic carbocycles. The number of pyridine rings is 2. The summed E-state index contributed by atoms with van der Waals surface area (Å²) in [6, 6.07) is 43.8. The molecule has 0 saturated heterocycles. The first-order valence-corrected chi connectivity index (χ1v) is 17.5. The fourth-order valence-electron chi connectivity index (χ4n) is 7.13. The van der Waals surface area contributed by atoms with Crippen LogP contribution in [0.3, 0.4) is 0 Å². The molecule has 0 atom stereocenters. The van der Waals surface area contributed by atoms with Gasteiger partial charge in [0, 0.05) is 5.69 Å². The van der Waals surface area contributed by atoms with E-state index in [9.17, 15) is 0 Å². The first-order chi connectivity index (χ1) is 23.5. The minimum atomic E-state index is 0.633. The molecular weight excluding hydrogens is 772 g/mol. The van der Waals surface area contributed by atoms with E-state index in [1.807, 2.05) is 25.1 Å². The molecule has 8 aromatic rings. The van der Waals surface area contributed by atoms with Gasteiger partial charge in [-0.15, -0.1) is 0 Å². The molecule has 0 amide bonds. The number of benzene rings is 4. The number of imidazole rings is 1. The predicted octanol–water partition coefficient (Wildman–Crippen LogP) is 9.19. The van der Waals surface area contributed by atoms with Gasteiger partial charge in [0.05, 0.1) is 0 Å².